The second-order valence-corrected chi connectivity index (χ2v) is 11.9. The van der Waals surface area contributed by atoms with Crippen LogP contribution in [0.25, 0.3) is 0 Å². The quantitative estimate of drug-likeness (QED) is 0.0733. The highest BCUT2D eigenvalue weighted by Gasteiger charge is 2.19. The average molecular weight is 764 g/mol. The maximum Gasteiger partial charge on any atom is 0.326 e. The number of aliphatic imine (C=N–C) groups is 3. The highest BCUT2D eigenvalue weighted by atomic mass is 16.6. The number of hydrogen-bond donors (Lipinski definition) is 9. The van der Waals surface area contributed by atoms with Crippen molar-refractivity contribution in [3.05, 3.63) is 85.5 Å². The minimum absolute atomic E-state index is 0.0521. The van der Waals surface area contributed by atoms with E-state index in [1.807, 2.05) is 39.8 Å². The lowest BCUT2D eigenvalue weighted by Crippen LogP contribution is -2.39. The van der Waals surface area contributed by atoms with Crippen LogP contribution in [0.1, 0.15) is 45.9 Å². The molecule has 0 spiro atoms. The molecule has 19 nitrogen and oxygen atoms in total. The summed E-state index contributed by atoms with van der Waals surface area (Å²) in [5, 5.41) is 25.9. The van der Waals surface area contributed by atoms with E-state index >= 15 is 0 Å². The Morgan fingerprint density at radius 1 is 0.636 bits per heavy atom. The molecule has 0 aliphatic rings. The molecule has 0 aliphatic heterocycles. The summed E-state index contributed by atoms with van der Waals surface area (Å²) < 4.78 is 5.24. The lowest BCUT2D eigenvalue weighted by molar-refractivity contribution is -0.384. The Bertz CT molecular complexity index is 1940. The van der Waals surface area contributed by atoms with Gasteiger partial charge < -0.3 is 37.9 Å². The molecular formula is C36H53N13O6. The summed E-state index contributed by atoms with van der Waals surface area (Å²) in [5.74, 6) is 0.670. The van der Waals surface area contributed by atoms with E-state index in [9.17, 15) is 24.5 Å². The smallest absolute Gasteiger partial charge is 0.326 e. The first kappa shape index (κ1) is 46.1. The van der Waals surface area contributed by atoms with Crippen molar-refractivity contribution in [2.45, 2.75) is 54.9 Å². The Balaban J connectivity index is 0.000000413. The lowest BCUT2D eigenvalue weighted by atomic mass is 10.0. The zero-order chi connectivity index (χ0) is 42.0. The second kappa shape index (κ2) is 22.2. The molecule has 298 valence electrons. The van der Waals surface area contributed by atoms with Crippen LogP contribution in [0.5, 0.6) is 5.75 Å². The van der Waals surface area contributed by atoms with Crippen LogP contribution in [0.2, 0.25) is 0 Å². The topological polar surface area (TPSA) is 291 Å². The molecule has 0 heterocycles. The number of carbonyl (C=O) groups is 3. The van der Waals surface area contributed by atoms with Crippen LogP contribution >= 0.6 is 0 Å². The van der Waals surface area contributed by atoms with Crippen molar-refractivity contribution < 1.29 is 24.0 Å². The van der Waals surface area contributed by atoms with Gasteiger partial charge in [0.05, 0.1) is 17.7 Å². The zero-order valence-electron chi connectivity index (χ0n) is 33.1. The summed E-state index contributed by atoms with van der Waals surface area (Å²) in [6, 6.07) is 9.55. The van der Waals surface area contributed by atoms with Crippen LogP contribution in [0.3, 0.4) is 0 Å². The van der Waals surface area contributed by atoms with Crippen LogP contribution in [0.4, 0.5) is 37.1 Å². The van der Waals surface area contributed by atoms with Gasteiger partial charge in [0.25, 0.3) is 5.69 Å². The number of ether oxygens (including phenoxy) is 1. The number of anilines is 3. The molecule has 0 aliphatic carbocycles. The van der Waals surface area contributed by atoms with Gasteiger partial charge in [0, 0.05) is 32.9 Å². The number of urea groups is 3. The molecular weight excluding hydrogens is 710 g/mol. The third-order valence-corrected chi connectivity index (χ3v) is 7.48. The van der Waals surface area contributed by atoms with Gasteiger partial charge in [0.15, 0.2) is 17.9 Å². The molecule has 0 atom stereocenters. The molecule has 0 aromatic heterocycles. The van der Waals surface area contributed by atoms with E-state index in [-0.39, 0.29) is 35.3 Å². The fourth-order valence-electron chi connectivity index (χ4n) is 4.91. The number of carbonyl (C=O) groups excluding carboxylic acids is 3. The van der Waals surface area contributed by atoms with Gasteiger partial charge in [-0.05, 0) is 93.0 Å². The number of nitrogens with one attached hydrogen (secondary N) is 6. The van der Waals surface area contributed by atoms with Crippen LogP contribution in [0, 0.1) is 51.7 Å². The summed E-state index contributed by atoms with van der Waals surface area (Å²) in [6.07, 6.45) is 0.976. The highest BCUT2D eigenvalue weighted by molar-refractivity contribution is 6.04. The summed E-state index contributed by atoms with van der Waals surface area (Å²) in [6.45, 7) is 13.3. The fourth-order valence-corrected chi connectivity index (χ4v) is 4.91. The third-order valence-electron chi connectivity index (χ3n) is 7.48. The molecule has 0 saturated carbocycles. The van der Waals surface area contributed by atoms with Crippen LogP contribution < -0.4 is 53.8 Å². The first-order valence-corrected chi connectivity index (χ1v) is 16.7. The number of rotatable bonds is 6. The molecule has 6 amide bonds. The molecule has 0 bridgehead atoms. The van der Waals surface area contributed by atoms with Gasteiger partial charge in [0.1, 0.15) is 11.4 Å². The van der Waals surface area contributed by atoms with Crippen molar-refractivity contribution in [3.8, 4) is 5.75 Å². The van der Waals surface area contributed by atoms with Crippen LogP contribution in [-0.4, -0.2) is 69.1 Å². The number of nitrogens with zero attached hydrogens (tertiary/aromatic N) is 4. The van der Waals surface area contributed by atoms with E-state index in [1.54, 1.807) is 27.0 Å². The van der Waals surface area contributed by atoms with Crippen molar-refractivity contribution in [3.63, 3.8) is 0 Å². The minimum atomic E-state index is -0.682. The third kappa shape index (κ3) is 15.3. The van der Waals surface area contributed by atoms with Gasteiger partial charge in [-0.25, -0.2) is 14.4 Å². The standard InChI is InChI=1S/C13H20N4O.C12H18N4O2.C11H15N5O3/c1-5-10-6-8(2)11(9(3)7-10)16-13(18)17-12(14)15-4;1-7-5-8(2)10(9(6-7)18-4)15-12(17)16-11(13)14-3;1-6-4-7(2)9(8(5-6)16(18)19)14-11(17)15-10(12)13-3/h6-7H,5H2,1-4H3,(H4,14,15,16,17,18);5-6H,1-4H3,(H4,13,14,15,16,17);4-5H,1-3H3,(H4,12,13,14,15,17). The Kier molecular flexibility index (Phi) is 18.6. The average Bonchev–Trinajstić information content (AvgIpc) is 3.11. The number of benzene rings is 3. The number of aryl methyl sites for hydroxylation is 7. The highest BCUT2D eigenvalue weighted by Crippen LogP contribution is 2.30. The predicted octanol–water partition coefficient (Wildman–Crippen LogP) is 4.59. The summed E-state index contributed by atoms with van der Waals surface area (Å²) in [5.41, 5.74) is 24.2. The number of nitro benzene ring substituents is 1. The number of hydrogen-bond acceptors (Lipinski definition) is 9. The van der Waals surface area contributed by atoms with Gasteiger partial charge in [-0.2, -0.15) is 0 Å². The molecule has 0 radical (unpaired) electrons. The van der Waals surface area contributed by atoms with E-state index in [0.29, 0.717) is 17.0 Å². The van der Waals surface area contributed by atoms with E-state index in [0.717, 1.165) is 39.9 Å². The Hall–Kier alpha value is -6.92. The lowest BCUT2D eigenvalue weighted by Gasteiger charge is -2.14. The molecule has 3 aromatic rings. The Morgan fingerprint density at radius 3 is 1.38 bits per heavy atom. The number of nitrogens with two attached hydrogens (primary N) is 3. The molecule has 55 heavy (non-hydrogen) atoms. The SMILES string of the molecule is CCc1cc(C)c(NC(=O)NC(N)=NC)c(C)c1.CN=C(N)NC(=O)Nc1c(C)cc(C)cc1OC.CN=C(N)NC(=O)Nc1c(C)cc(C)cc1[N+](=O)[O-]. The summed E-state index contributed by atoms with van der Waals surface area (Å²) >= 11 is 0. The molecule has 3 rings (SSSR count). The van der Waals surface area contributed by atoms with Gasteiger partial charge >= 0.3 is 18.1 Å². The maximum absolute atomic E-state index is 11.7. The minimum Gasteiger partial charge on any atom is -0.495 e. The maximum atomic E-state index is 11.7. The molecule has 0 saturated heterocycles. The number of guanidine groups is 3. The first-order valence-electron chi connectivity index (χ1n) is 16.7. The van der Waals surface area contributed by atoms with Gasteiger partial charge in [-0.3, -0.25) is 41.0 Å². The van der Waals surface area contributed by atoms with Crippen LogP contribution in [-0.2, 0) is 6.42 Å². The molecule has 12 N–H and O–H groups in total. The first-order chi connectivity index (χ1) is 25.8. The van der Waals surface area contributed by atoms with Gasteiger partial charge in [0.2, 0.25) is 0 Å². The van der Waals surface area contributed by atoms with Crippen molar-refractivity contribution in [1.29, 1.82) is 0 Å². The molecule has 3 aromatic carbocycles. The molecule has 19 heteroatoms. The van der Waals surface area contributed by atoms with Crippen molar-refractivity contribution in [1.82, 2.24) is 16.0 Å². The van der Waals surface area contributed by atoms with Crippen LogP contribution in [0.15, 0.2) is 51.4 Å². The summed E-state index contributed by atoms with van der Waals surface area (Å²) in [4.78, 5) is 56.2. The zero-order valence-corrected chi connectivity index (χ0v) is 33.1. The Labute approximate surface area is 320 Å². The van der Waals surface area contributed by atoms with E-state index in [1.165, 1.54) is 32.8 Å². The summed E-state index contributed by atoms with van der Waals surface area (Å²) in [7, 11) is 5.98. The monoisotopic (exact) mass is 763 g/mol. The largest absolute Gasteiger partial charge is 0.495 e. The van der Waals surface area contributed by atoms with Gasteiger partial charge in [-0.1, -0.05) is 31.2 Å². The van der Waals surface area contributed by atoms with Gasteiger partial charge in [-0.15, -0.1) is 0 Å². The van der Waals surface area contributed by atoms with E-state index < -0.39 is 17.0 Å². The van der Waals surface area contributed by atoms with Crippen molar-refractivity contribution >= 4 is 58.7 Å². The van der Waals surface area contributed by atoms with Crippen molar-refractivity contribution in [2.75, 3.05) is 44.2 Å². The van der Waals surface area contributed by atoms with E-state index in [4.69, 9.17) is 21.9 Å². The fraction of sp³-hybridized carbons (Fsp3) is 0.333. The molecule has 0 unspecified atom stereocenters. The second-order valence-electron chi connectivity index (χ2n) is 11.9. The predicted molar refractivity (Wildman–Crippen MR) is 219 cm³/mol. The molecule has 0 fully saturated rings. The number of amides is 6. The normalized spacial score (nSPS) is 11.1. The number of methoxy groups -OCH3 is 1. The Morgan fingerprint density at radius 2 is 1.00 bits per heavy atom. The van der Waals surface area contributed by atoms with Crippen molar-refractivity contribution in [2.24, 2.45) is 32.2 Å². The number of nitro groups is 1. The van der Waals surface area contributed by atoms with E-state index in [2.05, 4.69) is 65.9 Å².